The van der Waals surface area contributed by atoms with Crippen molar-refractivity contribution in [3.63, 3.8) is 0 Å². The van der Waals surface area contributed by atoms with Gasteiger partial charge in [-0.15, -0.1) is 11.3 Å². The van der Waals surface area contributed by atoms with Crippen LogP contribution in [0.2, 0.25) is 0 Å². The molecular formula is C24H25N3O2S. The normalized spacial score (nSPS) is 15.0. The number of aromatic nitrogens is 1. The molecule has 0 N–H and O–H groups in total. The van der Waals surface area contributed by atoms with E-state index in [0.717, 1.165) is 54.6 Å². The lowest BCUT2D eigenvalue weighted by atomic mass is 10.2. The van der Waals surface area contributed by atoms with E-state index in [0.29, 0.717) is 6.61 Å². The minimum absolute atomic E-state index is 0.0571. The predicted octanol–water partition coefficient (Wildman–Crippen LogP) is 4.22. The Bertz CT molecular complexity index is 1000. The van der Waals surface area contributed by atoms with Gasteiger partial charge in [0.25, 0.3) is 0 Å². The third-order valence-corrected chi connectivity index (χ3v) is 6.07. The number of fused-ring (bicyclic) bond motifs is 1. The summed E-state index contributed by atoms with van der Waals surface area (Å²) in [6.07, 6.45) is 5.22. The average Bonchev–Trinajstić information content (AvgIpc) is 3.19. The highest BCUT2D eigenvalue weighted by Crippen LogP contribution is 2.23. The molecule has 0 unspecified atom stereocenters. The maximum atomic E-state index is 12.5. The minimum Gasteiger partial charge on any atom is -0.490 e. The fourth-order valence-corrected chi connectivity index (χ4v) is 4.42. The van der Waals surface area contributed by atoms with Gasteiger partial charge in [-0.3, -0.25) is 9.69 Å². The van der Waals surface area contributed by atoms with Crippen LogP contribution in [0.1, 0.15) is 10.6 Å². The third-order valence-electron chi connectivity index (χ3n) is 5.05. The smallest absolute Gasteiger partial charge is 0.246 e. The van der Waals surface area contributed by atoms with Crippen LogP contribution in [-0.2, 0) is 11.3 Å². The number of nitrogens with zero attached hydrogens (tertiary/aromatic N) is 3. The molecule has 0 radical (unpaired) electrons. The lowest BCUT2D eigenvalue weighted by molar-refractivity contribution is -0.127. The van der Waals surface area contributed by atoms with E-state index >= 15 is 0 Å². The molecule has 0 aliphatic carbocycles. The van der Waals surface area contributed by atoms with E-state index in [-0.39, 0.29) is 5.91 Å². The van der Waals surface area contributed by atoms with Crippen molar-refractivity contribution in [3.8, 4) is 5.75 Å². The number of thiazole rings is 1. The number of carbonyl (C=O) groups excluding carboxylic acids is 1. The zero-order chi connectivity index (χ0) is 20.8. The second kappa shape index (κ2) is 9.69. The van der Waals surface area contributed by atoms with E-state index in [1.807, 2.05) is 47.4 Å². The van der Waals surface area contributed by atoms with E-state index in [2.05, 4.69) is 23.6 Å². The molecule has 2 aromatic carbocycles. The Morgan fingerprint density at radius 2 is 1.87 bits per heavy atom. The van der Waals surface area contributed by atoms with Crippen molar-refractivity contribution in [1.29, 1.82) is 0 Å². The van der Waals surface area contributed by atoms with Crippen molar-refractivity contribution in [3.05, 3.63) is 77.8 Å². The van der Waals surface area contributed by atoms with Gasteiger partial charge in [-0.05, 0) is 35.9 Å². The Morgan fingerprint density at radius 1 is 1.10 bits per heavy atom. The first-order valence-electron chi connectivity index (χ1n) is 10.1. The van der Waals surface area contributed by atoms with E-state index in [1.165, 1.54) is 4.70 Å². The summed E-state index contributed by atoms with van der Waals surface area (Å²) in [6.45, 7) is 8.18. The SMILES string of the molecule is C=CCOc1ccc(C=CC(=O)N2CCN(Cc3nc4ccccc4s3)CC2)cc1. The van der Waals surface area contributed by atoms with Gasteiger partial charge in [-0.1, -0.05) is 36.9 Å². The molecule has 0 saturated carbocycles. The minimum atomic E-state index is 0.0571. The van der Waals surface area contributed by atoms with Crippen molar-refractivity contribution < 1.29 is 9.53 Å². The zero-order valence-corrected chi connectivity index (χ0v) is 17.7. The molecule has 5 nitrogen and oxygen atoms in total. The molecule has 1 saturated heterocycles. The number of carbonyl (C=O) groups is 1. The summed E-state index contributed by atoms with van der Waals surface area (Å²) in [4.78, 5) is 21.5. The van der Waals surface area contributed by atoms with E-state index in [1.54, 1.807) is 23.5 Å². The van der Waals surface area contributed by atoms with Crippen LogP contribution >= 0.6 is 11.3 Å². The van der Waals surface area contributed by atoms with Gasteiger partial charge in [-0.25, -0.2) is 4.98 Å². The summed E-state index contributed by atoms with van der Waals surface area (Å²) >= 11 is 1.75. The average molecular weight is 420 g/mol. The van der Waals surface area contributed by atoms with Crippen LogP contribution in [0, 0.1) is 0 Å². The molecule has 4 rings (SSSR count). The number of amides is 1. The number of ether oxygens (including phenoxy) is 1. The maximum absolute atomic E-state index is 12.5. The number of piperazine rings is 1. The molecule has 1 aliphatic rings. The fourth-order valence-electron chi connectivity index (χ4n) is 3.41. The molecule has 0 spiro atoms. The second-order valence-corrected chi connectivity index (χ2v) is 8.29. The fraction of sp³-hybridized carbons (Fsp3) is 0.250. The summed E-state index contributed by atoms with van der Waals surface area (Å²) in [6, 6.07) is 15.9. The Hall–Kier alpha value is -2.96. The first kappa shape index (κ1) is 20.3. The van der Waals surface area contributed by atoms with Crippen molar-refractivity contribution in [2.45, 2.75) is 6.54 Å². The van der Waals surface area contributed by atoms with Gasteiger partial charge in [0.05, 0.1) is 16.8 Å². The maximum Gasteiger partial charge on any atom is 0.246 e. The highest BCUT2D eigenvalue weighted by molar-refractivity contribution is 7.18. The molecule has 1 aromatic heterocycles. The Kier molecular flexibility index (Phi) is 6.57. The van der Waals surface area contributed by atoms with Crippen LogP contribution < -0.4 is 4.74 Å². The van der Waals surface area contributed by atoms with Gasteiger partial charge in [0.2, 0.25) is 5.91 Å². The molecule has 0 atom stereocenters. The summed E-state index contributed by atoms with van der Waals surface area (Å²) in [5, 5.41) is 1.14. The number of hydrogen-bond donors (Lipinski definition) is 0. The second-order valence-electron chi connectivity index (χ2n) is 7.18. The molecule has 154 valence electrons. The van der Waals surface area contributed by atoms with Gasteiger partial charge < -0.3 is 9.64 Å². The number of hydrogen-bond acceptors (Lipinski definition) is 5. The van der Waals surface area contributed by atoms with Crippen LogP contribution in [0.5, 0.6) is 5.75 Å². The molecule has 1 aliphatic heterocycles. The van der Waals surface area contributed by atoms with Crippen LogP contribution in [0.15, 0.2) is 67.3 Å². The molecule has 2 heterocycles. The van der Waals surface area contributed by atoms with Crippen LogP contribution in [0.4, 0.5) is 0 Å². The van der Waals surface area contributed by atoms with Gasteiger partial charge >= 0.3 is 0 Å². The molecule has 1 fully saturated rings. The van der Waals surface area contributed by atoms with Gasteiger partial charge in [-0.2, -0.15) is 0 Å². The molecule has 3 aromatic rings. The molecular weight excluding hydrogens is 394 g/mol. The topological polar surface area (TPSA) is 45.7 Å². The van der Waals surface area contributed by atoms with E-state index < -0.39 is 0 Å². The van der Waals surface area contributed by atoms with Crippen LogP contribution in [0.25, 0.3) is 16.3 Å². The standard InChI is InChI=1S/C24H25N3O2S/c1-2-17-29-20-10-7-19(8-11-20)9-12-24(28)27-15-13-26(14-16-27)18-23-25-21-5-3-4-6-22(21)30-23/h2-12H,1,13-18H2. The van der Waals surface area contributed by atoms with Crippen LogP contribution in [-0.4, -0.2) is 53.5 Å². The van der Waals surface area contributed by atoms with Crippen molar-refractivity contribution in [2.24, 2.45) is 0 Å². The molecule has 1 amide bonds. The summed E-state index contributed by atoms with van der Waals surface area (Å²) in [5.41, 5.74) is 2.04. The first-order chi connectivity index (χ1) is 14.7. The first-order valence-corrected chi connectivity index (χ1v) is 10.9. The largest absolute Gasteiger partial charge is 0.490 e. The lowest BCUT2D eigenvalue weighted by Crippen LogP contribution is -2.47. The van der Waals surface area contributed by atoms with Crippen molar-refractivity contribution in [1.82, 2.24) is 14.8 Å². The summed E-state index contributed by atoms with van der Waals surface area (Å²) < 4.78 is 6.70. The lowest BCUT2D eigenvalue weighted by Gasteiger charge is -2.33. The molecule has 0 bridgehead atoms. The number of rotatable bonds is 7. The third kappa shape index (κ3) is 5.14. The molecule has 6 heteroatoms. The van der Waals surface area contributed by atoms with Gasteiger partial charge in [0, 0.05) is 32.3 Å². The predicted molar refractivity (Wildman–Crippen MR) is 123 cm³/mol. The number of para-hydroxylation sites is 1. The van der Waals surface area contributed by atoms with Crippen LogP contribution in [0.3, 0.4) is 0 Å². The summed E-state index contributed by atoms with van der Waals surface area (Å²) in [5.74, 6) is 0.851. The Balaban J connectivity index is 1.26. The highest BCUT2D eigenvalue weighted by atomic mass is 32.1. The number of benzene rings is 2. The monoisotopic (exact) mass is 419 g/mol. The van der Waals surface area contributed by atoms with Gasteiger partial charge in [0.15, 0.2) is 0 Å². The zero-order valence-electron chi connectivity index (χ0n) is 16.9. The quantitative estimate of drug-likeness (QED) is 0.425. The molecule has 30 heavy (non-hydrogen) atoms. The van der Waals surface area contributed by atoms with Crippen molar-refractivity contribution >= 4 is 33.5 Å². The van der Waals surface area contributed by atoms with Gasteiger partial charge in [0.1, 0.15) is 17.4 Å². The van der Waals surface area contributed by atoms with Crippen molar-refractivity contribution in [2.75, 3.05) is 32.8 Å². The van der Waals surface area contributed by atoms with E-state index in [9.17, 15) is 4.79 Å². The Labute approximate surface area is 180 Å². The Morgan fingerprint density at radius 3 is 2.60 bits per heavy atom. The summed E-state index contributed by atoms with van der Waals surface area (Å²) in [7, 11) is 0. The highest BCUT2D eigenvalue weighted by Gasteiger charge is 2.20. The van der Waals surface area contributed by atoms with E-state index in [4.69, 9.17) is 9.72 Å².